The van der Waals surface area contributed by atoms with Gasteiger partial charge in [-0.2, -0.15) is 0 Å². The molecule has 0 aromatic heterocycles. The van der Waals surface area contributed by atoms with Gasteiger partial charge in [-0.1, -0.05) is 62.3 Å². The molecule has 0 atom stereocenters. The molecular weight excluding hydrogens is 256 g/mol. The van der Waals surface area contributed by atoms with Crippen molar-refractivity contribution in [3.05, 3.63) is 0 Å². The van der Waals surface area contributed by atoms with Crippen LogP contribution in [0.2, 0.25) is 15.1 Å². The van der Waals surface area contributed by atoms with Crippen molar-refractivity contribution < 1.29 is 14.3 Å². The molecule has 0 aromatic carbocycles. The first kappa shape index (κ1) is 18.6. The first-order valence-corrected chi connectivity index (χ1v) is 8.94. The molecule has 0 amide bonds. The zero-order valence-corrected chi connectivity index (χ0v) is 15.2. The van der Waals surface area contributed by atoms with Crippen LogP contribution >= 0.6 is 0 Å². The Morgan fingerprint density at radius 3 is 1.42 bits per heavy atom. The maximum absolute atomic E-state index is 12.1. The summed E-state index contributed by atoms with van der Waals surface area (Å²) in [6.45, 7) is 19.4. The van der Waals surface area contributed by atoms with Gasteiger partial charge in [-0.3, -0.25) is 4.79 Å². The highest BCUT2D eigenvalue weighted by Crippen LogP contribution is 2.62. The Morgan fingerprint density at radius 1 is 0.895 bits per heavy atom. The second kappa shape index (κ2) is 5.56. The highest BCUT2D eigenvalue weighted by Gasteiger charge is 2.64. The average Bonchev–Trinajstić information content (AvgIpc) is 2.08. The van der Waals surface area contributed by atoms with Crippen LogP contribution in [-0.4, -0.2) is 26.0 Å². The predicted octanol–water partition coefficient (Wildman–Crippen LogP) is 4.26. The molecule has 0 heterocycles. The monoisotopic (exact) mass is 288 g/mol. The van der Waals surface area contributed by atoms with Gasteiger partial charge in [-0.15, -0.1) is 0 Å². The summed E-state index contributed by atoms with van der Waals surface area (Å²) >= 11 is 0. The van der Waals surface area contributed by atoms with Crippen molar-refractivity contribution >= 4 is 14.3 Å². The van der Waals surface area contributed by atoms with Gasteiger partial charge in [-0.05, 0) is 15.1 Å². The van der Waals surface area contributed by atoms with Gasteiger partial charge in [0, 0.05) is 0 Å². The van der Waals surface area contributed by atoms with E-state index >= 15 is 0 Å². The lowest BCUT2D eigenvalue weighted by Crippen LogP contribution is -2.61. The summed E-state index contributed by atoms with van der Waals surface area (Å²) in [6.07, 6.45) is 0.0803. The largest absolute Gasteiger partial charge is 0.517 e. The molecule has 0 aromatic rings. The Hall–Kier alpha value is -0.353. The minimum Gasteiger partial charge on any atom is -0.517 e. The number of hydrogen-bond acceptors (Lipinski definition) is 3. The molecule has 0 bridgehead atoms. The summed E-state index contributed by atoms with van der Waals surface area (Å²) in [6, 6.07) is 0. The second-order valence-electron chi connectivity index (χ2n) is 8.38. The maximum atomic E-state index is 12.1. The number of rotatable bonds is 3. The average molecular weight is 289 g/mol. The molecule has 0 aliphatic heterocycles. The zero-order valence-electron chi connectivity index (χ0n) is 14.2. The Morgan fingerprint density at radius 2 is 1.21 bits per heavy atom. The van der Waals surface area contributed by atoms with E-state index in [9.17, 15) is 4.79 Å². The molecule has 4 heteroatoms. The van der Waals surface area contributed by atoms with Crippen LogP contribution in [0.25, 0.3) is 0 Å². The number of aliphatic hydroxyl groups excluding tert-OH is 1. The van der Waals surface area contributed by atoms with Crippen molar-refractivity contribution in [2.24, 2.45) is 0 Å². The van der Waals surface area contributed by atoms with Crippen molar-refractivity contribution in [3.63, 3.8) is 0 Å². The predicted molar refractivity (Wildman–Crippen MR) is 82.7 cm³/mol. The van der Waals surface area contributed by atoms with Crippen LogP contribution in [0.3, 0.4) is 0 Å². The van der Waals surface area contributed by atoms with Crippen LogP contribution in [0.1, 0.15) is 68.7 Å². The molecule has 0 fully saturated rings. The molecule has 0 aliphatic rings. The quantitative estimate of drug-likeness (QED) is 0.789. The van der Waals surface area contributed by atoms with E-state index in [0.717, 1.165) is 0 Å². The smallest absolute Gasteiger partial charge is 0.294 e. The van der Waals surface area contributed by atoms with Crippen LogP contribution in [0.15, 0.2) is 0 Å². The van der Waals surface area contributed by atoms with E-state index in [1.54, 1.807) is 0 Å². The van der Waals surface area contributed by atoms with E-state index in [0.29, 0.717) is 0 Å². The summed E-state index contributed by atoms with van der Waals surface area (Å²) < 4.78 is 6.11. The minimum atomic E-state index is -2.46. The van der Waals surface area contributed by atoms with Crippen molar-refractivity contribution in [1.29, 1.82) is 0 Å². The normalized spacial score (nSPS) is 14.4. The Labute approximate surface area is 119 Å². The molecule has 0 saturated heterocycles. The first-order valence-electron chi connectivity index (χ1n) is 7.03. The molecule has 0 aliphatic carbocycles. The molecule has 3 nitrogen and oxygen atoms in total. The molecule has 0 unspecified atom stereocenters. The third kappa shape index (κ3) is 3.60. The van der Waals surface area contributed by atoms with Crippen molar-refractivity contribution in [2.75, 3.05) is 6.61 Å². The van der Waals surface area contributed by atoms with Crippen LogP contribution < -0.4 is 0 Å². The number of aliphatic hydroxyl groups is 1. The van der Waals surface area contributed by atoms with Gasteiger partial charge in [0.15, 0.2) is 0 Å². The summed E-state index contributed by atoms with van der Waals surface area (Å²) in [5.41, 5.74) is 0. The summed E-state index contributed by atoms with van der Waals surface area (Å²) in [5, 5.41) is 8.73. The van der Waals surface area contributed by atoms with Crippen LogP contribution in [0, 0.1) is 0 Å². The van der Waals surface area contributed by atoms with Gasteiger partial charge in [-0.25, -0.2) is 0 Å². The van der Waals surface area contributed by atoms with E-state index in [2.05, 4.69) is 62.3 Å². The van der Waals surface area contributed by atoms with Crippen molar-refractivity contribution in [2.45, 2.75) is 83.8 Å². The highest BCUT2D eigenvalue weighted by molar-refractivity contribution is 6.83. The molecular formula is C15H32O3Si. The van der Waals surface area contributed by atoms with Gasteiger partial charge in [0.2, 0.25) is 0 Å². The van der Waals surface area contributed by atoms with Crippen LogP contribution in [0.5, 0.6) is 0 Å². The minimum absolute atomic E-state index is 0.0748. The number of carbonyl (C=O) groups excluding carboxylic acids is 1. The molecule has 0 spiro atoms. The lowest BCUT2D eigenvalue weighted by atomic mass is 10.2. The van der Waals surface area contributed by atoms with Gasteiger partial charge >= 0.3 is 0 Å². The van der Waals surface area contributed by atoms with Crippen LogP contribution in [0.4, 0.5) is 0 Å². The standard InChI is InChI=1S/C15H32O3Si/c1-13(2,3)19(14(4,5)6,15(7,8)9)18-12(17)10-11-16/h16H,10-11H2,1-9H3. The van der Waals surface area contributed by atoms with Crippen molar-refractivity contribution in [1.82, 2.24) is 0 Å². The topological polar surface area (TPSA) is 46.5 Å². The Bertz CT molecular complexity index is 280. The lowest BCUT2D eigenvalue weighted by Gasteiger charge is -2.56. The van der Waals surface area contributed by atoms with E-state index in [-0.39, 0.29) is 34.1 Å². The van der Waals surface area contributed by atoms with Gasteiger partial charge in [0.25, 0.3) is 14.3 Å². The van der Waals surface area contributed by atoms with E-state index < -0.39 is 8.32 Å². The van der Waals surface area contributed by atoms with Crippen molar-refractivity contribution in [3.8, 4) is 0 Å². The van der Waals surface area contributed by atoms with E-state index in [1.165, 1.54) is 0 Å². The van der Waals surface area contributed by atoms with E-state index in [4.69, 9.17) is 9.53 Å². The maximum Gasteiger partial charge on any atom is 0.294 e. The summed E-state index contributed by atoms with van der Waals surface area (Å²) in [7, 11) is -2.46. The zero-order chi connectivity index (χ0) is 15.7. The summed E-state index contributed by atoms with van der Waals surface area (Å²) in [5.74, 6) is -0.269. The molecule has 0 saturated carbocycles. The Balaban J connectivity index is 5.90. The fourth-order valence-corrected chi connectivity index (χ4v) is 12.3. The highest BCUT2D eigenvalue weighted by atomic mass is 28.4. The lowest BCUT2D eigenvalue weighted by molar-refractivity contribution is -0.137. The van der Waals surface area contributed by atoms with E-state index in [1.807, 2.05) is 0 Å². The second-order valence-corrected chi connectivity index (χ2v) is 14.4. The fourth-order valence-electron chi connectivity index (χ4n) is 4.15. The SMILES string of the molecule is CC(C)(C)[Si](OC(=O)CCO)(C(C)(C)C)C(C)(C)C. The molecule has 19 heavy (non-hydrogen) atoms. The van der Waals surface area contributed by atoms with Gasteiger partial charge in [0.05, 0.1) is 13.0 Å². The van der Waals surface area contributed by atoms with Gasteiger partial charge in [0.1, 0.15) is 0 Å². The third-order valence-electron chi connectivity index (χ3n) is 3.75. The third-order valence-corrected chi connectivity index (χ3v) is 10.6. The fraction of sp³-hybridized carbons (Fsp3) is 0.933. The molecule has 0 radical (unpaired) electrons. The Kier molecular flexibility index (Phi) is 5.46. The molecule has 1 N–H and O–H groups in total. The molecule has 0 rings (SSSR count). The first-order chi connectivity index (χ1) is 8.20. The summed E-state index contributed by atoms with van der Waals surface area (Å²) in [4.78, 5) is 12.1. The molecule has 114 valence electrons. The van der Waals surface area contributed by atoms with Crippen LogP contribution in [-0.2, 0) is 9.22 Å². The van der Waals surface area contributed by atoms with Gasteiger partial charge < -0.3 is 9.53 Å². The number of hydrogen-bond donors (Lipinski definition) is 1. The number of carbonyl (C=O) groups is 1.